The van der Waals surface area contributed by atoms with Crippen LogP contribution in [0, 0.1) is 6.92 Å². The number of aryl methyl sites for hydroxylation is 1. The summed E-state index contributed by atoms with van der Waals surface area (Å²) < 4.78 is 0. The highest BCUT2D eigenvalue weighted by Gasteiger charge is 2.16. The van der Waals surface area contributed by atoms with E-state index >= 15 is 0 Å². The monoisotopic (exact) mass is 195 g/mol. The van der Waals surface area contributed by atoms with Crippen LogP contribution in [0.5, 0.6) is 0 Å². The Bertz CT molecular complexity index is 323. The molecule has 0 aliphatic carbocycles. The number of hydrogen-bond donors (Lipinski definition) is 3. The van der Waals surface area contributed by atoms with E-state index in [1.807, 2.05) is 20.8 Å². The summed E-state index contributed by atoms with van der Waals surface area (Å²) in [5, 5.41) is 12.2. The van der Waals surface area contributed by atoms with Crippen molar-refractivity contribution in [3.63, 3.8) is 0 Å². The van der Waals surface area contributed by atoms with Crippen molar-refractivity contribution in [3.8, 4) is 0 Å². The number of rotatable bonds is 3. The maximum atomic E-state index is 9.06. The van der Waals surface area contributed by atoms with Gasteiger partial charge in [-0.25, -0.2) is 4.98 Å². The molecule has 1 aromatic rings. The van der Waals surface area contributed by atoms with Crippen LogP contribution in [0.3, 0.4) is 0 Å². The second-order valence-electron chi connectivity index (χ2n) is 4.09. The predicted molar refractivity (Wildman–Crippen MR) is 58.2 cm³/mol. The van der Waals surface area contributed by atoms with E-state index in [0.29, 0.717) is 11.5 Å². The summed E-state index contributed by atoms with van der Waals surface area (Å²) >= 11 is 0. The average molecular weight is 195 g/mol. The van der Waals surface area contributed by atoms with Crippen LogP contribution in [0.1, 0.15) is 19.4 Å². The number of nitrogens with two attached hydrogens (primary N) is 1. The molecule has 0 saturated carbocycles. The number of hydrogen-bond acceptors (Lipinski definition) is 4. The molecule has 1 aromatic heterocycles. The molecule has 0 fully saturated rings. The molecule has 0 spiro atoms. The summed E-state index contributed by atoms with van der Waals surface area (Å²) in [6.07, 6.45) is 1.71. The first-order valence-corrected chi connectivity index (χ1v) is 4.56. The molecule has 14 heavy (non-hydrogen) atoms. The van der Waals surface area contributed by atoms with Gasteiger partial charge in [-0.05, 0) is 26.3 Å². The Balaban J connectivity index is 2.83. The molecule has 4 N–H and O–H groups in total. The van der Waals surface area contributed by atoms with Crippen LogP contribution < -0.4 is 11.1 Å². The van der Waals surface area contributed by atoms with E-state index in [9.17, 15) is 0 Å². The number of aliphatic hydroxyl groups is 1. The number of aromatic nitrogens is 1. The fraction of sp³-hybridized carbons (Fsp3) is 0.500. The lowest BCUT2D eigenvalue weighted by Crippen LogP contribution is -2.35. The van der Waals surface area contributed by atoms with Gasteiger partial charge in [0.1, 0.15) is 5.82 Å². The molecule has 0 saturated heterocycles. The van der Waals surface area contributed by atoms with Crippen LogP contribution in [-0.4, -0.2) is 22.2 Å². The molecule has 0 aliphatic rings. The summed E-state index contributed by atoms with van der Waals surface area (Å²) in [5.41, 5.74) is 7.02. The summed E-state index contributed by atoms with van der Waals surface area (Å²) in [7, 11) is 0. The molecule has 0 aromatic carbocycles. The minimum absolute atomic E-state index is 0.0441. The molecule has 0 unspecified atom stereocenters. The first-order chi connectivity index (χ1) is 6.44. The van der Waals surface area contributed by atoms with E-state index in [4.69, 9.17) is 10.8 Å². The Morgan fingerprint density at radius 1 is 1.57 bits per heavy atom. The third-order valence-electron chi connectivity index (χ3n) is 2.01. The molecule has 0 radical (unpaired) electrons. The summed E-state index contributed by atoms with van der Waals surface area (Å²) in [4.78, 5) is 4.17. The van der Waals surface area contributed by atoms with Gasteiger partial charge in [0, 0.05) is 18.0 Å². The second kappa shape index (κ2) is 3.84. The molecule has 4 nitrogen and oxygen atoms in total. The maximum Gasteiger partial charge on any atom is 0.128 e. The molecule has 1 heterocycles. The van der Waals surface area contributed by atoms with Crippen molar-refractivity contribution in [3.05, 3.63) is 17.8 Å². The zero-order valence-corrected chi connectivity index (χ0v) is 8.83. The molecule has 0 atom stereocenters. The van der Waals surface area contributed by atoms with Crippen LogP contribution in [0.4, 0.5) is 11.5 Å². The molecule has 0 bridgehead atoms. The topological polar surface area (TPSA) is 71.2 Å². The van der Waals surface area contributed by atoms with Gasteiger partial charge >= 0.3 is 0 Å². The van der Waals surface area contributed by atoms with Crippen LogP contribution in [0.2, 0.25) is 0 Å². The van der Waals surface area contributed by atoms with E-state index < -0.39 is 0 Å². The first kappa shape index (κ1) is 10.8. The van der Waals surface area contributed by atoms with E-state index in [-0.39, 0.29) is 12.1 Å². The summed E-state index contributed by atoms with van der Waals surface area (Å²) in [6.45, 7) is 5.74. The molecule has 4 heteroatoms. The van der Waals surface area contributed by atoms with Gasteiger partial charge in [0.15, 0.2) is 0 Å². The van der Waals surface area contributed by atoms with Gasteiger partial charge in [-0.2, -0.15) is 0 Å². The lowest BCUT2D eigenvalue weighted by Gasteiger charge is -2.24. The Labute approximate surface area is 84.2 Å². The average Bonchev–Trinajstić information content (AvgIpc) is 2.11. The second-order valence-corrected chi connectivity index (χ2v) is 4.09. The fourth-order valence-corrected chi connectivity index (χ4v) is 0.994. The quantitative estimate of drug-likeness (QED) is 0.676. The minimum atomic E-state index is -0.380. The third kappa shape index (κ3) is 2.60. The number of nitrogen functional groups attached to an aromatic ring is 1. The van der Waals surface area contributed by atoms with Crippen LogP contribution in [0.25, 0.3) is 0 Å². The molecular formula is C10H17N3O. The van der Waals surface area contributed by atoms with Gasteiger partial charge in [-0.15, -0.1) is 0 Å². The highest BCUT2D eigenvalue weighted by atomic mass is 16.3. The van der Waals surface area contributed by atoms with E-state index in [0.717, 1.165) is 5.56 Å². The third-order valence-corrected chi connectivity index (χ3v) is 2.01. The Morgan fingerprint density at radius 2 is 2.21 bits per heavy atom. The van der Waals surface area contributed by atoms with E-state index in [1.54, 1.807) is 12.3 Å². The van der Waals surface area contributed by atoms with E-state index in [1.165, 1.54) is 0 Å². The highest BCUT2D eigenvalue weighted by Crippen LogP contribution is 2.17. The van der Waals surface area contributed by atoms with Gasteiger partial charge in [0.25, 0.3) is 0 Å². The predicted octanol–water partition coefficient (Wildman–Crippen LogP) is 1.16. The lowest BCUT2D eigenvalue weighted by molar-refractivity contribution is 0.234. The van der Waals surface area contributed by atoms with Crippen molar-refractivity contribution in [2.45, 2.75) is 26.3 Å². The van der Waals surface area contributed by atoms with Crippen molar-refractivity contribution in [2.24, 2.45) is 0 Å². The smallest absolute Gasteiger partial charge is 0.128 e. The van der Waals surface area contributed by atoms with Crippen molar-refractivity contribution in [2.75, 3.05) is 17.7 Å². The number of nitrogens with one attached hydrogen (secondary N) is 1. The number of pyridine rings is 1. The number of anilines is 2. The SMILES string of the molecule is Cc1cnc(NC(C)(C)CO)cc1N. The zero-order chi connectivity index (χ0) is 10.8. The number of aliphatic hydroxyl groups excluding tert-OH is 1. The summed E-state index contributed by atoms with van der Waals surface area (Å²) in [6, 6.07) is 1.77. The van der Waals surface area contributed by atoms with Gasteiger partial charge in [-0.1, -0.05) is 0 Å². The zero-order valence-electron chi connectivity index (χ0n) is 8.83. The van der Waals surface area contributed by atoms with Crippen molar-refractivity contribution < 1.29 is 5.11 Å². The maximum absolute atomic E-state index is 9.06. The largest absolute Gasteiger partial charge is 0.398 e. The first-order valence-electron chi connectivity index (χ1n) is 4.56. The Morgan fingerprint density at radius 3 is 2.71 bits per heavy atom. The van der Waals surface area contributed by atoms with Gasteiger partial charge < -0.3 is 16.2 Å². The summed E-state index contributed by atoms with van der Waals surface area (Å²) in [5.74, 6) is 0.687. The Kier molecular flexibility index (Phi) is 2.96. The standard InChI is InChI=1S/C10H17N3O/c1-7-5-12-9(4-8(7)11)13-10(2,3)6-14/h4-5,14H,6H2,1-3H3,(H3,11,12,13). The van der Waals surface area contributed by atoms with Crippen molar-refractivity contribution >= 4 is 11.5 Å². The van der Waals surface area contributed by atoms with Crippen molar-refractivity contribution in [1.29, 1.82) is 0 Å². The number of nitrogens with zero attached hydrogens (tertiary/aromatic N) is 1. The van der Waals surface area contributed by atoms with Gasteiger partial charge in [0.2, 0.25) is 0 Å². The highest BCUT2D eigenvalue weighted by molar-refractivity contribution is 5.54. The van der Waals surface area contributed by atoms with Crippen LogP contribution in [0.15, 0.2) is 12.3 Å². The minimum Gasteiger partial charge on any atom is -0.398 e. The molecular weight excluding hydrogens is 178 g/mol. The van der Waals surface area contributed by atoms with Crippen LogP contribution >= 0.6 is 0 Å². The van der Waals surface area contributed by atoms with Crippen LogP contribution in [-0.2, 0) is 0 Å². The van der Waals surface area contributed by atoms with Gasteiger partial charge in [0.05, 0.1) is 12.1 Å². The molecule has 78 valence electrons. The van der Waals surface area contributed by atoms with Crippen molar-refractivity contribution in [1.82, 2.24) is 4.98 Å². The lowest BCUT2D eigenvalue weighted by atomic mass is 10.1. The molecule has 0 amide bonds. The Hall–Kier alpha value is -1.29. The van der Waals surface area contributed by atoms with E-state index in [2.05, 4.69) is 10.3 Å². The molecule has 0 aliphatic heterocycles. The fourth-order valence-electron chi connectivity index (χ4n) is 0.994. The van der Waals surface area contributed by atoms with Gasteiger partial charge in [-0.3, -0.25) is 0 Å². The normalized spacial score (nSPS) is 11.4. The molecule has 1 rings (SSSR count).